The number of carbonyl (C=O) groups excluding carboxylic acids is 1. The van der Waals surface area contributed by atoms with Crippen molar-refractivity contribution < 1.29 is 4.79 Å². The van der Waals surface area contributed by atoms with Crippen LogP contribution in [0.15, 0.2) is 18.2 Å². The number of aryl methyl sites for hydroxylation is 1. The Bertz CT molecular complexity index is 323. The van der Waals surface area contributed by atoms with Crippen LogP contribution in [0.1, 0.15) is 22.8 Å². The molecule has 0 spiro atoms. The minimum absolute atomic E-state index is 0.146. The molecule has 1 aromatic carbocycles. The van der Waals surface area contributed by atoms with Gasteiger partial charge in [0.2, 0.25) is 0 Å². The van der Waals surface area contributed by atoms with Crippen molar-refractivity contribution in [3.63, 3.8) is 0 Å². The van der Waals surface area contributed by atoms with Gasteiger partial charge in [-0.3, -0.25) is 4.79 Å². The number of benzene rings is 1. The van der Waals surface area contributed by atoms with E-state index in [-0.39, 0.29) is 5.91 Å². The number of nitrogens with one attached hydrogen (secondary N) is 1. The monoisotopic (exact) mass is 197 g/mol. The molecule has 0 aliphatic heterocycles. The van der Waals surface area contributed by atoms with Crippen LogP contribution in [0, 0.1) is 0 Å². The van der Waals surface area contributed by atoms with E-state index in [2.05, 4.69) is 5.32 Å². The third-order valence-electron chi connectivity index (χ3n) is 1.91. The molecular weight excluding hydrogens is 186 g/mol. The van der Waals surface area contributed by atoms with Crippen molar-refractivity contribution in [1.82, 2.24) is 5.32 Å². The maximum atomic E-state index is 11.2. The second-order valence-electron chi connectivity index (χ2n) is 2.75. The molecule has 3 heteroatoms. The maximum Gasteiger partial charge on any atom is 0.252 e. The van der Waals surface area contributed by atoms with Crippen molar-refractivity contribution >= 4 is 17.5 Å². The molecule has 1 rings (SSSR count). The summed E-state index contributed by atoms with van der Waals surface area (Å²) in [5.41, 5.74) is 1.67. The topological polar surface area (TPSA) is 29.1 Å². The maximum absolute atomic E-state index is 11.2. The first-order chi connectivity index (χ1) is 6.19. The van der Waals surface area contributed by atoms with Crippen molar-refractivity contribution in [3.05, 3.63) is 34.3 Å². The molecule has 0 aromatic heterocycles. The van der Waals surface area contributed by atoms with E-state index in [0.29, 0.717) is 10.6 Å². The highest BCUT2D eigenvalue weighted by atomic mass is 35.5. The van der Waals surface area contributed by atoms with Crippen LogP contribution in [0.2, 0.25) is 5.02 Å². The molecule has 0 aliphatic carbocycles. The van der Waals surface area contributed by atoms with Gasteiger partial charge >= 0.3 is 0 Å². The van der Waals surface area contributed by atoms with Crippen LogP contribution in [0.3, 0.4) is 0 Å². The molecule has 1 amide bonds. The molecule has 70 valence electrons. The van der Waals surface area contributed by atoms with Crippen molar-refractivity contribution in [2.24, 2.45) is 0 Å². The highest BCUT2D eigenvalue weighted by molar-refractivity contribution is 6.33. The third-order valence-corrected chi connectivity index (χ3v) is 2.23. The van der Waals surface area contributed by atoms with Gasteiger partial charge in [-0.2, -0.15) is 0 Å². The van der Waals surface area contributed by atoms with Gasteiger partial charge in [-0.25, -0.2) is 0 Å². The smallest absolute Gasteiger partial charge is 0.252 e. The molecule has 0 aliphatic rings. The Labute approximate surface area is 82.9 Å². The number of rotatable bonds is 2. The molecule has 13 heavy (non-hydrogen) atoms. The van der Waals surface area contributed by atoms with Crippen LogP contribution in [-0.2, 0) is 6.42 Å². The second kappa shape index (κ2) is 4.28. The van der Waals surface area contributed by atoms with Gasteiger partial charge in [-0.15, -0.1) is 0 Å². The third kappa shape index (κ3) is 2.22. The van der Waals surface area contributed by atoms with Gasteiger partial charge in [0, 0.05) is 7.05 Å². The first-order valence-electron chi connectivity index (χ1n) is 4.19. The zero-order valence-corrected chi connectivity index (χ0v) is 8.48. The molecule has 0 bridgehead atoms. The van der Waals surface area contributed by atoms with E-state index in [1.807, 2.05) is 19.1 Å². The lowest BCUT2D eigenvalue weighted by Crippen LogP contribution is -2.18. The first kappa shape index (κ1) is 10.1. The number of hydrogen-bond acceptors (Lipinski definition) is 1. The van der Waals surface area contributed by atoms with Gasteiger partial charge in [-0.1, -0.05) is 24.6 Å². The van der Waals surface area contributed by atoms with E-state index in [0.717, 1.165) is 12.0 Å². The molecule has 0 radical (unpaired) electrons. The van der Waals surface area contributed by atoms with Crippen molar-refractivity contribution in [1.29, 1.82) is 0 Å². The standard InChI is InChI=1S/C10H12ClNO/c1-3-7-4-5-8(9(11)6-7)10(13)12-2/h4-6H,3H2,1-2H3,(H,12,13). The van der Waals surface area contributed by atoms with E-state index in [1.165, 1.54) is 0 Å². The molecule has 0 atom stereocenters. The van der Waals surface area contributed by atoms with E-state index < -0.39 is 0 Å². The minimum Gasteiger partial charge on any atom is -0.355 e. The van der Waals surface area contributed by atoms with E-state index in [4.69, 9.17) is 11.6 Å². The van der Waals surface area contributed by atoms with Gasteiger partial charge in [-0.05, 0) is 24.1 Å². The van der Waals surface area contributed by atoms with E-state index >= 15 is 0 Å². The van der Waals surface area contributed by atoms with Gasteiger partial charge in [0.15, 0.2) is 0 Å². The average molecular weight is 198 g/mol. The highest BCUT2D eigenvalue weighted by Gasteiger charge is 2.07. The van der Waals surface area contributed by atoms with Crippen molar-refractivity contribution in [2.75, 3.05) is 7.05 Å². The second-order valence-corrected chi connectivity index (χ2v) is 3.15. The van der Waals surface area contributed by atoms with Crippen molar-refractivity contribution in [2.45, 2.75) is 13.3 Å². The fourth-order valence-electron chi connectivity index (χ4n) is 1.10. The Kier molecular flexibility index (Phi) is 3.32. The fourth-order valence-corrected chi connectivity index (χ4v) is 1.39. The summed E-state index contributed by atoms with van der Waals surface area (Å²) >= 11 is 5.92. The highest BCUT2D eigenvalue weighted by Crippen LogP contribution is 2.17. The Morgan fingerprint density at radius 3 is 2.69 bits per heavy atom. The Morgan fingerprint density at radius 2 is 2.23 bits per heavy atom. The summed E-state index contributed by atoms with van der Waals surface area (Å²) in [6, 6.07) is 5.49. The van der Waals surface area contributed by atoms with Gasteiger partial charge in [0.05, 0.1) is 10.6 Å². The molecule has 0 saturated heterocycles. The molecular formula is C10H12ClNO. The van der Waals surface area contributed by atoms with Gasteiger partial charge < -0.3 is 5.32 Å². The lowest BCUT2D eigenvalue weighted by Gasteiger charge is -2.04. The van der Waals surface area contributed by atoms with E-state index in [1.54, 1.807) is 13.1 Å². The summed E-state index contributed by atoms with van der Waals surface area (Å²) in [6.07, 6.45) is 0.924. The van der Waals surface area contributed by atoms with Crippen LogP contribution >= 0.6 is 11.6 Å². The number of carbonyl (C=O) groups is 1. The lowest BCUT2D eigenvalue weighted by atomic mass is 10.1. The molecule has 1 aromatic rings. The number of hydrogen-bond donors (Lipinski definition) is 1. The minimum atomic E-state index is -0.146. The summed E-state index contributed by atoms with van der Waals surface area (Å²) in [7, 11) is 1.59. The SMILES string of the molecule is CCc1ccc(C(=O)NC)c(Cl)c1. The van der Waals surface area contributed by atoms with Crippen LogP contribution in [0.25, 0.3) is 0 Å². The van der Waals surface area contributed by atoms with Crippen LogP contribution in [-0.4, -0.2) is 13.0 Å². The van der Waals surface area contributed by atoms with Crippen molar-refractivity contribution in [3.8, 4) is 0 Å². The Morgan fingerprint density at radius 1 is 1.54 bits per heavy atom. The summed E-state index contributed by atoms with van der Waals surface area (Å²) < 4.78 is 0. The molecule has 1 N–H and O–H groups in total. The fraction of sp³-hybridized carbons (Fsp3) is 0.300. The van der Waals surface area contributed by atoms with E-state index in [9.17, 15) is 4.79 Å². The summed E-state index contributed by atoms with van der Waals surface area (Å²) in [5.74, 6) is -0.146. The summed E-state index contributed by atoms with van der Waals surface area (Å²) in [4.78, 5) is 11.2. The Hall–Kier alpha value is -1.02. The summed E-state index contributed by atoms with van der Waals surface area (Å²) in [6.45, 7) is 2.05. The zero-order valence-electron chi connectivity index (χ0n) is 7.73. The summed E-state index contributed by atoms with van der Waals surface area (Å²) in [5, 5.41) is 3.05. The molecule has 0 fully saturated rings. The normalized spacial score (nSPS) is 9.77. The largest absolute Gasteiger partial charge is 0.355 e. The van der Waals surface area contributed by atoms with Gasteiger partial charge in [0.25, 0.3) is 5.91 Å². The molecule has 0 unspecified atom stereocenters. The Balaban J connectivity index is 3.05. The average Bonchev–Trinajstić information content (AvgIpc) is 2.16. The molecule has 2 nitrogen and oxygen atoms in total. The quantitative estimate of drug-likeness (QED) is 0.775. The molecule has 0 saturated carbocycles. The molecule has 0 heterocycles. The number of amides is 1. The van der Waals surface area contributed by atoms with Crippen LogP contribution < -0.4 is 5.32 Å². The predicted octanol–water partition coefficient (Wildman–Crippen LogP) is 2.26. The van der Waals surface area contributed by atoms with Crippen LogP contribution in [0.4, 0.5) is 0 Å². The first-order valence-corrected chi connectivity index (χ1v) is 4.57. The lowest BCUT2D eigenvalue weighted by molar-refractivity contribution is 0.0963. The van der Waals surface area contributed by atoms with Crippen LogP contribution in [0.5, 0.6) is 0 Å². The number of halogens is 1. The zero-order chi connectivity index (χ0) is 9.84. The predicted molar refractivity (Wildman–Crippen MR) is 54.2 cm³/mol. The van der Waals surface area contributed by atoms with Gasteiger partial charge in [0.1, 0.15) is 0 Å².